The molecule has 0 atom stereocenters. The molecule has 5 aromatic rings. The fourth-order valence-corrected chi connectivity index (χ4v) is 5.56. The van der Waals surface area contributed by atoms with Crippen molar-refractivity contribution in [2.75, 3.05) is 7.11 Å². The molecule has 2 N–H and O–H groups in total. The van der Waals surface area contributed by atoms with Crippen LogP contribution in [-0.2, 0) is 15.6 Å². The minimum atomic E-state index is -4.24. The van der Waals surface area contributed by atoms with Crippen LogP contribution in [0.25, 0.3) is 33.5 Å². The van der Waals surface area contributed by atoms with E-state index in [1.54, 1.807) is 6.20 Å². The van der Waals surface area contributed by atoms with E-state index in [0.717, 1.165) is 18.2 Å². The molecule has 0 saturated heterocycles. The van der Waals surface area contributed by atoms with Crippen molar-refractivity contribution >= 4 is 32.3 Å². The zero-order valence-electron chi connectivity index (χ0n) is 18.3. The van der Waals surface area contributed by atoms with Gasteiger partial charge in [0, 0.05) is 35.1 Å². The summed E-state index contributed by atoms with van der Waals surface area (Å²) in [5.74, 6) is -3.99. The van der Waals surface area contributed by atoms with Crippen molar-refractivity contribution in [2.24, 2.45) is 0 Å². The van der Waals surface area contributed by atoms with Crippen molar-refractivity contribution in [3.8, 4) is 28.5 Å². The second-order valence-electron chi connectivity index (χ2n) is 7.68. The largest absolute Gasteiger partial charge is 0.480 e. The van der Waals surface area contributed by atoms with Gasteiger partial charge in [0.1, 0.15) is 27.7 Å². The lowest BCUT2D eigenvalue weighted by Gasteiger charge is -2.13. The van der Waals surface area contributed by atoms with Gasteiger partial charge in [-0.3, -0.25) is 5.10 Å². The number of ether oxygens (including phenoxy) is 1. The maximum Gasteiger partial charge on any atom is 0.232 e. The molecule has 0 unspecified atom stereocenters. The number of nitrogens with one attached hydrogen (secondary N) is 2. The molecule has 0 spiro atoms. The van der Waals surface area contributed by atoms with Gasteiger partial charge in [0.05, 0.1) is 23.4 Å². The van der Waals surface area contributed by atoms with Crippen LogP contribution in [0.2, 0.25) is 5.02 Å². The van der Waals surface area contributed by atoms with E-state index in [0.29, 0.717) is 16.9 Å². The van der Waals surface area contributed by atoms with Gasteiger partial charge in [-0.2, -0.15) is 5.10 Å². The van der Waals surface area contributed by atoms with Gasteiger partial charge in [-0.05, 0) is 18.2 Å². The molecule has 3 aromatic heterocycles. The molecule has 0 bridgehead atoms. The van der Waals surface area contributed by atoms with Crippen molar-refractivity contribution in [3.05, 3.63) is 77.0 Å². The van der Waals surface area contributed by atoms with Gasteiger partial charge in [-0.25, -0.2) is 31.6 Å². The van der Waals surface area contributed by atoms with E-state index in [-0.39, 0.29) is 26.9 Å². The first kappa shape index (κ1) is 23.8. The van der Waals surface area contributed by atoms with Crippen LogP contribution in [0.5, 0.6) is 5.88 Å². The first-order chi connectivity index (χ1) is 17.2. The van der Waals surface area contributed by atoms with Crippen molar-refractivity contribution in [3.63, 3.8) is 0 Å². The first-order valence-corrected chi connectivity index (χ1v) is 12.3. The van der Waals surface area contributed by atoms with Gasteiger partial charge >= 0.3 is 0 Å². The first-order valence-electron chi connectivity index (χ1n) is 10.3. The van der Waals surface area contributed by atoms with Crippen molar-refractivity contribution < 1.29 is 26.3 Å². The molecule has 0 saturated carbocycles. The Kier molecular flexibility index (Phi) is 5.92. The molecule has 0 aliphatic rings. The number of H-pyrrole nitrogens is 2. The summed E-state index contributed by atoms with van der Waals surface area (Å²) in [5.41, 5.74) is -1.29. The Bertz CT molecular complexity index is 1720. The summed E-state index contributed by atoms with van der Waals surface area (Å²) in [4.78, 5) is 10.4. The van der Waals surface area contributed by atoms with Crippen LogP contribution < -0.4 is 4.74 Å². The van der Waals surface area contributed by atoms with Crippen LogP contribution in [0.1, 0.15) is 5.56 Å². The Balaban J connectivity index is 1.60. The number of halogens is 4. The average Bonchev–Trinajstić information content (AvgIpc) is 3.52. The number of methoxy groups -OCH3 is 1. The minimum Gasteiger partial charge on any atom is -0.480 e. The average molecular weight is 534 g/mol. The number of pyridine rings is 1. The van der Waals surface area contributed by atoms with Crippen LogP contribution in [0, 0.1) is 17.5 Å². The summed E-state index contributed by atoms with van der Waals surface area (Å²) in [5, 5.41) is 6.96. The van der Waals surface area contributed by atoms with E-state index in [2.05, 4.69) is 25.1 Å². The van der Waals surface area contributed by atoms with Gasteiger partial charge in [0.15, 0.2) is 21.5 Å². The summed E-state index contributed by atoms with van der Waals surface area (Å²) in [6.07, 6.45) is 4.28. The fraction of sp³-hybridized carbons (Fsp3) is 0.0870. The molecule has 3 heterocycles. The van der Waals surface area contributed by atoms with E-state index >= 15 is 8.78 Å². The van der Waals surface area contributed by atoms with E-state index in [1.807, 2.05) is 0 Å². The normalized spacial score (nSPS) is 11.8. The standard InChI is InChI=1S/C23H15ClF3N5O3S/c1-35-23-16(8-12(24)9-30-23)36(33,34)10-11-2-5-15(25)17(18(11)26)13-3-4-14-20(19(13)27)31-32-21(14)22-28-6-7-29-22/h2-9H,10H2,1H3,(H,28,29)(H,31,32). The summed E-state index contributed by atoms with van der Waals surface area (Å²) < 4.78 is 76.9. The number of aromatic amines is 2. The topological polar surface area (TPSA) is 114 Å². The third-order valence-electron chi connectivity index (χ3n) is 5.50. The number of imidazole rings is 1. The highest BCUT2D eigenvalue weighted by Crippen LogP contribution is 2.36. The Morgan fingerprint density at radius 3 is 2.61 bits per heavy atom. The lowest BCUT2D eigenvalue weighted by Crippen LogP contribution is -2.10. The Labute approximate surface area is 207 Å². The molecule has 0 fully saturated rings. The molecule has 2 aromatic carbocycles. The monoisotopic (exact) mass is 533 g/mol. The number of hydrogen-bond donors (Lipinski definition) is 2. The lowest BCUT2D eigenvalue weighted by molar-refractivity contribution is 0.385. The van der Waals surface area contributed by atoms with Crippen molar-refractivity contribution in [1.29, 1.82) is 0 Å². The summed E-state index contributed by atoms with van der Waals surface area (Å²) in [6.45, 7) is 0. The van der Waals surface area contributed by atoms with Gasteiger partial charge in [-0.1, -0.05) is 23.7 Å². The fourth-order valence-electron chi connectivity index (χ4n) is 3.84. The van der Waals surface area contributed by atoms with Crippen LogP contribution >= 0.6 is 11.6 Å². The van der Waals surface area contributed by atoms with E-state index in [9.17, 15) is 12.8 Å². The number of sulfone groups is 1. The summed E-state index contributed by atoms with van der Waals surface area (Å²) in [7, 11) is -3.02. The zero-order valence-corrected chi connectivity index (χ0v) is 19.9. The maximum atomic E-state index is 15.5. The SMILES string of the molecule is COc1ncc(Cl)cc1S(=O)(=O)Cc1ccc(F)c(-c2ccc3c(-c4ncc[nH]4)[nH]nc3c2F)c1F. The predicted molar refractivity (Wildman–Crippen MR) is 126 cm³/mol. The minimum absolute atomic E-state index is 0.0259. The van der Waals surface area contributed by atoms with E-state index in [4.69, 9.17) is 16.3 Å². The third-order valence-corrected chi connectivity index (χ3v) is 7.36. The van der Waals surface area contributed by atoms with Gasteiger partial charge in [-0.15, -0.1) is 0 Å². The molecule has 0 aliphatic carbocycles. The predicted octanol–water partition coefficient (Wildman–Crippen LogP) is 5.07. The Morgan fingerprint density at radius 1 is 1.08 bits per heavy atom. The molecule has 5 rings (SSSR count). The van der Waals surface area contributed by atoms with Crippen LogP contribution in [0.3, 0.4) is 0 Å². The van der Waals surface area contributed by atoms with Crippen molar-refractivity contribution in [1.82, 2.24) is 25.1 Å². The number of hydrogen-bond acceptors (Lipinski definition) is 6. The number of fused-ring (bicyclic) bond motifs is 1. The molecule has 0 aliphatic heterocycles. The van der Waals surface area contributed by atoms with Crippen molar-refractivity contribution in [2.45, 2.75) is 10.6 Å². The number of aromatic nitrogens is 5. The smallest absolute Gasteiger partial charge is 0.232 e. The molecular weight excluding hydrogens is 519 g/mol. The molecule has 8 nitrogen and oxygen atoms in total. The lowest BCUT2D eigenvalue weighted by atomic mass is 9.99. The molecule has 0 amide bonds. The van der Waals surface area contributed by atoms with E-state index in [1.165, 1.54) is 31.6 Å². The van der Waals surface area contributed by atoms with Crippen LogP contribution in [0.4, 0.5) is 13.2 Å². The van der Waals surface area contributed by atoms with Crippen LogP contribution in [-0.4, -0.2) is 40.7 Å². The quantitative estimate of drug-likeness (QED) is 0.315. The van der Waals surface area contributed by atoms with E-state index < -0.39 is 44.2 Å². The second-order valence-corrected chi connectivity index (χ2v) is 10.1. The highest BCUT2D eigenvalue weighted by atomic mass is 35.5. The molecule has 0 radical (unpaired) electrons. The molecule has 13 heteroatoms. The molecular formula is C23H15ClF3N5O3S. The van der Waals surface area contributed by atoms with Crippen LogP contribution in [0.15, 0.2) is 53.8 Å². The number of nitrogens with zero attached hydrogens (tertiary/aromatic N) is 3. The number of benzene rings is 2. The highest BCUT2D eigenvalue weighted by Gasteiger charge is 2.27. The van der Waals surface area contributed by atoms with Gasteiger partial charge in [0.25, 0.3) is 0 Å². The summed E-state index contributed by atoms with van der Waals surface area (Å²) in [6, 6.07) is 5.62. The Morgan fingerprint density at radius 2 is 1.89 bits per heavy atom. The molecule has 184 valence electrons. The third kappa shape index (κ3) is 3.97. The summed E-state index contributed by atoms with van der Waals surface area (Å²) >= 11 is 5.88. The number of rotatable bonds is 6. The Hall–Kier alpha value is -3.90. The zero-order chi connectivity index (χ0) is 25.6. The highest BCUT2D eigenvalue weighted by molar-refractivity contribution is 7.90. The van der Waals surface area contributed by atoms with Gasteiger partial charge < -0.3 is 9.72 Å². The second kappa shape index (κ2) is 8.95. The van der Waals surface area contributed by atoms with Gasteiger partial charge in [0.2, 0.25) is 5.88 Å². The maximum absolute atomic E-state index is 15.5. The molecule has 36 heavy (non-hydrogen) atoms.